The predicted molar refractivity (Wildman–Crippen MR) is 86.8 cm³/mol. The van der Waals surface area contributed by atoms with Crippen LogP contribution in [0.2, 0.25) is 0 Å². The molecular formula is C16H22N2O4S. The second kappa shape index (κ2) is 6.49. The number of carbonyl (C=O) groups is 1. The Morgan fingerprint density at radius 3 is 2.61 bits per heavy atom. The number of aryl methyl sites for hydroxylation is 1. The first kappa shape index (κ1) is 16.3. The lowest BCUT2D eigenvalue weighted by atomic mass is 10.00. The summed E-state index contributed by atoms with van der Waals surface area (Å²) in [6.07, 6.45) is 3.56. The number of piperidine rings is 1. The lowest BCUT2D eigenvalue weighted by molar-refractivity contribution is -0.140. The van der Waals surface area contributed by atoms with Crippen LogP contribution < -0.4 is 9.46 Å². The van der Waals surface area contributed by atoms with E-state index in [9.17, 15) is 13.2 Å². The van der Waals surface area contributed by atoms with Crippen LogP contribution in [0.3, 0.4) is 0 Å². The molecule has 1 atom stereocenters. The van der Waals surface area contributed by atoms with Crippen molar-refractivity contribution in [1.29, 1.82) is 0 Å². The molecule has 0 aromatic heterocycles. The molecule has 2 heterocycles. The van der Waals surface area contributed by atoms with Gasteiger partial charge in [0.2, 0.25) is 10.0 Å². The van der Waals surface area contributed by atoms with Crippen molar-refractivity contribution in [2.45, 2.75) is 37.8 Å². The van der Waals surface area contributed by atoms with E-state index in [1.165, 1.54) is 0 Å². The first-order valence-corrected chi connectivity index (χ1v) is 9.82. The van der Waals surface area contributed by atoms with E-state index in [1.54, 1.807) is 4.90 Å². The van der Waals surface area contributed by atoms with Crippen molar-refractivity contribution in [2.24, 2.45) is 0 Å². The highest BCUT2D eigenvalue weighted by Crippen LogP contribution is 2.28. The van der Waals surface area contributed by atoms with Gasteiger partial charge in [-0.15, -0.1) is 0 Å². The van der Waals surface area contributed by atoms with E-state index in [1.807, 2.05) is 24.3 Å². The maximum atomic E-state index is 12.6. The highest BCUT2D eigenvalue weighted by Gasteiger charge is 2.32. The third-order valence-corrected chi connectivity index (χ3v) is 5.14. The number of carbonyl (C=O) groups excluding carboxylic acids is 1. The molecule has 0 bridgehead atoms. The Labute approximate surface area is 136 Å². The van der Waals surface area contributed by atoms with Crippen LogP contribution in [0.1, 0.15) is 24.8 Å². The quantitative estimate of drug-likeness (QED) is 0.889. The number of para-hydroxylation sites is 1. The molecule has 1 N–H and O–H groups in total. The molecule has 7 heteroatoms. The van der Waals surface area contributed by atoms with Crippen molar-refractivity contribution in [3.05, 3.63) is 29.8 Å². The van der Waals surface area contributed by atoms with Gasteiger partial charge in [-0.2, -0.15) is 0 Å². The maximum absolute atomic E-state index is 12.6. The summed E-state index contributed by atoms with van der Waals surface area (Å²) in [7, 11) is -3.19. The van der Waals surface area contributed by atoms with Crippen molar-refractivity contribution in [3.8, 4) is 5.75 Å². The number of ether oxygens (including phenoxy) is 1. The van der Waals surface area contributed by atoms with E-state index < -0.39 is 16.1 Å². The average Bonchev–Trinajstić information content (AvgIpc) is 2.53. The molecule has 1 aromatic carbocycles. The summed E-state index contributed by atoms with van der Waals surface area (Å²) in [6.45, 7) is 1.13. The van der Waals surface area contributed by atoms with Crippen LogP contribution >= 0.6 is 0 Å². The molecule has 0 aliphatic carbocycles. The van der Waals surface area contributed by atoms with Gasteiger partial charge in [0.15, 0.2) is 6.10 Å². The van der Waals surface area contributed by atoms with Crippen molar-refractivity contribution in [1.82, 2.24) is 9.62 Å². The lowest BCUT2D eigenvalue weighted by Gasteiger charge is -2.35. The number of benzene rings is 1. The summed E-state index contributed by atoms with van der Waals surface area (Å²) < 4.78 is 31.0. The van der Waals surface area contributed by atoms with Crippen LogP contribution in [0.4, 0.5) is 0 Å². The fraction of sp³-hybridized carbons (Fsp3) is 0.562. The third-order valence-electron chi connectivity index (χ3n) is 4.38. The van der Waals surface area contributed by atoms with Crippen LogP contribution in [-0.4, -0.2) is 50.7 Å². The highest BCUT2D eigenvalue weighted by atomic mass is 32.2. The van der Waals surface area contributed by atoms with Gasteiger partial charge >= 0.3 is 0 Å². The number of nitrogens with zero attached hydrogens (tertiary/aromatic N) is 1. The molecule has 1 fully saturated rings. The van der Waals surface area contributed by atoms with E-state index >= 15 is 0 Å². The van der Waals surface area contributed by atoms with Crippen molar-refractivity contribution in [2.75, 3.05) is 19.3 Å². The van der Waals surface area contributed by atoms with Gasteiger partial charge in [-0.25, -0.2) is 13.1 Å². The Bertz CT molecular complexity index is 681. The minimum absolute atomic E-state index is 0.0114. The largest absolute Gasteiger partial charge is 0.480 e. The molecule has 3 rings (SSSR count). The fourth-order valence-corrected chi connectivity index (χ4v) is 4.06. The van der Waals surface area contributed by atoms with E-state index in [0.29, 0.717) is 32.4 Å². The van der Waals surface area contributed by atoms with Crippen molar-refractivity contribution >= 4 is 15.9 Å². The first-order valence-electron chi connectivity index (χ1n) is 7.93. The highest BCUT2D eigenvalue weighted by molar-refractivity contribution is 7.88. The maximum Gasteiger partial charge on any atom is 0.263 e. The second-order valence-electron chi connectivity index (χ2n) is 6.24. The number of amides is 1. The molecule has 126 valence electrons. The molecule has 2 aliphatic rings. The third kappa shape index (κ3) is 4.03. The molecule has 0 saturated carbocycles. The van der Waals surface area contributed by atoms with Crippen molar-refractivity contribution < 1.29 is 17.9 Å². The number of hydrogen-bond acceptors (Lipinski definition) is 4. The van der Waals surface area contributed by atoms with Gasteiger partial charge in [0, 0.05) is 19.1 Å². The molecular weight excluding hydrogens is 316 g/mol. The Balaban J connectivity index is 1.56. The van der Waals surface area contributed by atoms with Gasteiger partial charge in [0.1, 0.15) is 5.75 Å². The molecule has 0 unspecified atom stereocenters. The van der Waals surface area contributed by atoms with Gasteiger partial charge < -0.3 is 9.64 Å². The molecule has 6 nitrogen and oxygen atoms in total. The minimum Gasteiger partial charge on any atom is -0.480 e. The molecule has 0 spiro atoms. The molecule has 1 saturated heterocycles. The number of likely N-dealkylation sites (tertiary alicyclic amines) is 1. The normalized spacial score (nSPS) is 22.3. The second-order valence-corrected chi connectivity index (χ2v) is 8.02. The standard InChI is InChI=1S/C16H22N2O4S/c1-23(20,21)17-13-8-10-18(11-9-13)16(19)15-7-6-12-4-2-3-5-14(12)22-15/h2-5,13,15,17H,6-11H2,1H3/t15-/m0/s1. The van der Waals surface area contributed by atoms with Crippen LogP contribution in [0, 0.1) is 0 Å². The topological polar surface area (TPSA) is 75.7 Å². The SMILES string of the molecule is CS(=O)(=O)NC1CCN(C(=O)[C@@H]2CCc3ccccc3O2)CC1. The predicted octanol–water partition coefficient (Wildman–Crippen LogP) is 0.920. The number of sulfonamides is 1. The summed E-state index contributed by atoms with van der Waals surface area (Å²) in [5.74, 6) is 0.808. The Kier molecular flexibility index (Phi) is 4.59. The zero-order valence-electron chi connectivity index (χ0n) is 13.2. The van der Waals surface area contributed by atoms with Crippen LogP contribution in [-0.2, 0) is 21.2 Å². The van der Waals surface area contributed by atoms with Crippen molar-refractivity contribution in [3.63, 3.8) is 0 Å². The van der Waals surface area contributed by atoms with Gasteiger partial charge in [-0.3, -0.25) is 4.79 Å². The summed E-state index contributed by atoms with van der Waals surface area (Å²) in [5, 5.41) is 0. The molecule has 1 aromatic rings. The van der Waals surface area contributed by atoms with E-state index in [2.05, 4.69) is 4.72 Å². The summed E-state index contributed by atoms with van der Waals surface area (Å²) in [6, 6.07) is 7.73. The molecule has 0 radical (unpaired) electrons. The van der Waals surface area contributed by atoms with Gasteiger partial charge in [-0.05, 0) is 37.3 Å². The Hall–Kier alpha value is -1.60. The van der Waals surface area contributed by atoms with Crippen LogP contribution in [0.5, 0.6) is 5.75 Å². The number of rotatable bonds is 3. The Morgan fingerprint density at radius 1 is 1.22 bits per heavy atom. The van der Waals surface area contributed by atoms with E-state index in [-0.39, 0.29) is 11.9 Å². The summed E-state index contributed by atoms with van der Waals surface area (Å²) in [4.78, 5) is 14.4. The van der Waals surface area contributed by atoms with Gasteiger partial charge in [-0.1, -0.05) is 18.2 Å². The fourth-order valence-electron chi connectivity index (χ4n) is 3.22. The van der Waals surface area contributed by atoms with Crippen LogP contribution in [0.25, 0.3) is 0 Å². The average molecular weight is 338 g/mol. The first-order chi connectivity index (χ1) is 10.9. The number of fused-ring (bicyclic) bond motifs is 1. The number of hydrogen-bond donors (Lipinski definition) is 1. The van der Waals surface area contributed by atoms with Gasteiger partial charge in [0.05, 0.1) is 6.26 Å². The molecule has 23 heavy (non-hydrogen) atoms. The molecule has 2 aliphatic heterocycles. The Morgan fingerprint density at radius 2 is 1.91 bits per heavy atom. The summed E-state index contributed by atoms with van der Waals surface area (Å²) >= 11 is 0. The smallest absolute Gasteiger partial charge is 0.263 e. The minimum atomic E-state index is -3.19. The van der Waals surface area contributed by atoms with Crippen LogP contribution in [0.15, 0.2) is 24.3 Å². The van der Waals surface area contributed by atoms with E-state index in [0.717, 1.165) is 24.0 Å². The van der Waals surface area contributed by atoms with E-state index in [4.69, 9.17) is 4.74 Å². The lowest BCUT2D eigenvalue weighted by Crippen LogP contribution is -2.50. The number of nitrogens with one attached hydrogen (secondary N) is 1. The van der Waals surface area contributed by atoms with Gasteiger partial charge in [0.25, 0.3) is 5.91 Å². The zero-order chi connectivity index (χ0) is 16.4. The summed E-state index contributed by atoms with van der Waals surface area (Å²) in [5.41, 5.74) is 1.15. The monoisotopic (exact) mass is 338 g/mol. The zero-order valence-corrected chi connectivity index (χ0v) is 14.0. The molecule has 1 amide bonds.